The van der Waals surface area contributed by atoms with Gasteiger partial charge in [0.15, 0.2) is 0 Å². The number of fused-ring (bicyclic) bond motifs is 1. The first kappa shape index (κ1) is 18.3. The van der Waals surface area contributed by atoms with Crippen molar-refractivity contribution in [3.8, 4) is 0 Å². The van der Waals surface area contributed by atoms with Crippen molar-refractivity contribution in [2.75, 3.05) is 12.5 Å². The highest BCUT2D eigenvalue weighted by molar-refractivity contribution is 5.87. The van der Waals surface area contributed by atoms with Crippen LogP contribution in [0.2, 0.25) is 0 Å². The van der Waals surface area contributed by atoms with Crippen LogP contribution in [-0.4, -0.2) is 17.1 Å². The normalized spacial score (nSPS) is 16.3. The minimum atomic E-state index is 0.500. The number of halogens is 1. The third-order valence-corrected chi connectivity index (χ3v) is 4.97. The van der Waals surface area contributed by atoms with Gasteiger partial charge < -0.3 is 5.32 Å². The van der Waals surface area contributed by atoms with Crippen molar-refractivity contribution in [2.45, 2.75) is 39.5 Å². The molecule has 0 spiro atoms. The van der Waals surface area contributed by atoms with Gasteiger partial charge in [-0.1, -0.05) is 24.3 Å². The third-order valence-electron chi connectivity index (χ3n) is 4.97. The standard InChI is InChI=1S/C21H23N3.CH3F/c1-13-6-4-5-7-17(13)19-10-14(2)18-11-21(22-12-20(18)24-19)23-15(3)16-8-9-16;1-2/h5,7,10-12,16H,3-4,6,8-9H2,1-2H3,(H,22,23);1H3. The molecule has 26 heavy (non-hydrogen) atoms. The summed E-state index contributed by atoms with van der Waals surface area (Å²) in [6.45, 7) is 8.47. The summed E-state index contributed by atoms with van der Waals surface area (Å²) in [5.74, 6) is 1.49. The van der Waals surface area contributed by atoms with E-state index in [2.05, 4.69) is 55.0 Å². The van der Waals surface area contributed by atoms with Gasteiger partial charge >= 0.3 is 0 Å². The molecule has 0 bridgehead atoms. The monoisotopic (exact) mass is 351 g/mol. The van der Waals surface area contributed by atoms with Crippen molar-refractivity contribution in [3.63, 3.8) is 0 Å². The second kappa shape index (κ2) is 7.81. The zero-order chi connectivity index (χ0) is 18.7. The fourth-order valence-electron chi connectivity index (χ4n) is 3.28. The van der Waals surface area contributed by atoms with E-state index >= 15 is 0 Å². The van der Waals surface area contributed by atoms with Gasteiger partial charge in [0.1, 0.15) is 5.82 Å². The van der Waals surface area contributed by atoms with Gasteiger partial charge in [-0.15, -0.1) is 0 Å². The molecule has 0 atom stereocenters. The van der Waals surface area contributed by atoms with Crippen LogP contribution < -0.4 is 5.32 Å². The van der Waals surface area contributed by atoms with Crippen LogP contribution in [-0.2, 0) is 0 Å². The lowest BCUT2D eigenvalue weighted by Gasteiger charge is -2.14. The van der Waals surface area contributed by atoms with E-state index in [1.54, 1.807) is 0 Å². The Morgan fingerprint density at radius 2 is 2.00 bits per heavy atom. The summed E-state index contributed by atoms with van der Waals surface area (Å²) in [4.78, 5) is 9.39. The number of pyridine rings is 2. The average Bonchev–Trinajstić information content (AvgIpc) is 3.49. The van der Waals surface area contributed by atoms with Crippen LogP contribution >= 0.6 is 0 Å². The molecule has 0 saturated heterocycles. The molecule has 136 valence electrons. The molecule has 3 nitrogen and oxygen atoms in total. The van der Waals surface area contributed by atoms with E-state index in [1.165, 1.54) is 29.6 Å². The van der Waals surface area contributed by atoms with Crippen LogP contribution in [0.1, 0.15) is 43.9 Å². The quantitative estimate of drug-likeness (QED) is 0.736. The summed E-state index contributed by atoms with van der Waals surface area (Å²) in [5.41, 5.74) is 6.99. The molecular formula is C22H26FN3. The highest BCUT2D eigenvalue weighted by Gasteiger charge is 2.24. The molecule has 1 N–H and O–H groups in total. The molecule has 2 aromatic rings. The largest absolute Gasteiger partial charge is 0.344 e. The van der Waals surface area contributed by atoms with Crippen LogP contribution in [0.5, 0.6) is 0 Å². The molecule has 2 aromatic heterocycles. The van der Waals surface area contributed by atoms with Gasteiger partial charge in [0.05, 0.1) is 24.6 Å². The topological polar surface area (TPSA) is 37.8 Å². The Hall–Kier alpha value is -2.49. The first-order valence-corrected chi connectivity index (χ1v) is 9.09. The number of nitrogens with zero attached hydrogens (tertiary/aromatic N) is 2. The SMILES string of the molecule is C=C(Nc1cc2c(C)cc(C3=C(C)CCC=C3)nc2cn1)C1CC1.CF. The minimum absolute atomic E-state index is 0.500. The Bertz CT molecular complexity index is 892. The first-order valence-electron chi connectivity index (χ1n) is 9.09. The van der Waals surface area contributed by atoms with E-state index in [0.717, 1.165) is 41.0 Å². The fraction of sp³-hybridized carbons (Fsp3) is 0.364. The van der Waals surface area contributed by atoms with E-state index < -0.39 is 0 Å². The molecule has 4 rings (SSSR count). The highest BCUT2D eigenvalue weighted by Crippen LogP contribution is 2.36. The van der Waals surface area contributed by atoms with Crippen molar-refractivity contribution in [1.82, 2.24) is 9.97 Å². The number of hydrogen-bond acceptors (Lipinski definition) is 3. The third kappa shape index (κ3) is 3.85. The first-order chi connectivity index (χ1) is 12.6. The molecule has 1 saturated carbocycles. The van der Waals surface area contributed by atoms with E-state index in [0.29, 0.717) is 13.1 Å². The molecule has 0 unspecified atom stereocenters. The lowest BCUT2D eigenvalue weighted by Crippen LogP contribution is -2.02. The molecule has 0 amide bonds. The maximum absolute atomic E-state index is 9.50. The van der Waals surface area contributed by atoms with E-state index in [1.807, 2.05) is 6.20 Å². The number of aromatic nitrogens is 2. The van der Waals surface area contributed by atoms with Gasteiger partial charge in [-0.2, -0.15) is 0 Å². The molecule has 2 aliphatic rings. The van der Waals surface area contributed by atoms with E-state index in [4.69, 9.17) is 4.98 Å². The Morgan fingerprint density at radius 1 is 1.23 bits per heavy atom. The van der Waals surface area contributed by atoms with Gasteiger partial charge in [0.2, 0.25) is 0 Å². The van der Waals surface area contributed by atoms with Gasteiger partial charge in [-0.3, -0.25) is 4.39 Å². The number of aryl methyl sites for hydroxylation is 1. The Kier molecular flexibility index (Phi) is 5.50. The Labute approximate surface area is 154 Å². The zero-order valence-corrected chi connectivity index (χ0v) is 15.8. The molecule has 2 heterocycles. The molecule has 2 aliphatic carbocycles. The number of allylic oxidation sites excluding steroid dienone is 5. The van der Waals surface area contributed by atoms with Gasteiger partial charge in [-0.05, 0) is 68.7 Å². The number of hydrogen-bond donors (Lipinski definition) is 1. The van der Waals surface area contributed by atoms with Crippen molar-refractivity contribution in [3.05, 3.63) is 59.6 Å². The molecular weight excluding hydrogens is 325 g/mol. The van der Waals surface area contributed by atoms with Crippen molar-refractivity contribution in [1.29, 1.82) is 0 Å². The lowest BCUT2D eigenvalue weighted by atomic mass is 9.95. The zero-order valence-electron chi connectivity index (χ0n) is 15.8. The van der Waals surface area contributed by atoms with E-state index in [9.17, 15) is 4.39 Å². The predicted octanol–water partition coefficient (Wildman–Crippen LogP) is 5.98. The lowest BCUT2D eigenvalue weighted by molar-refractivity contribution is 0.636. The summed E-state index contributed by atoms with van der Waals surface area (Å²) in [5, 5.41) is 4.51. The van der Waals surface area contributed by atoms with Gasteiger partial charge in [0.25, 0.3) is 0 Å². The molecule has 0 radical (unpaired) electrons. The summed E-state index contributed by atoms with van der Waals surface area (Å²) < 4.78 is 9.50. The second-order valence-corrected chi connectivity index (χ2v) is 6.97. The van der Waals surface area contributed by atoms with Crippen molar-refractivity contribution >= 4 is 22.3 Å². The summed E-state index contributed by atoms with van der Waals surface area (Å²) in [7, 11) is 0.500. The van der Waals surface area contributed by atoms with Crippen LogP contribution in [0.25, 0.3) is 16.5 Å². The van der Waals surface area contributed by atoms with Crippen LogP contribution in [0.3, 0.4) is 0 Å². The molecule has 0 aliphatic heterocycles. The van der Waals surface area contributed by atoms with E-state index in [-0.39, 0.29) is 0 Å². The second-order valence-electron chi connectivity index (χ2n) is 6.97. The van der Waals surface area contributed by atoms with Gasteiger partial charge in [-0.25, -0.2) is 9.97 Å². The highest BCUT2D eigenvalue weighted by atomic mass is 19.1. The maximum atomic E-state index is 9.50. The van der Waals surface area contributed by atoms with Crippen LogP contribution in [0.15, 0.2) is 48.3 Å². The van der Waals surface area contributed by atoms with Gasteiger partial charge in [0, 0.05) is 11.1 Å². The summed E-state index contributed by atoms with van der Waals surface area (Å²) >= 11 is 0. The number of rotatable bonds is 4. The minimum Gasteiger partial charge on any atom is -0.344 e. The average molecular weight is 351 g/mol. The number of anilines is 1. The number of nitrogens with one attached hydrogen (secondary N) is 1. The smallest absolute Gasteiger partial charge is 0.130 e. The summed E-state index contributed by atoms with van der Waals surface area (Å²) in [6, 6.07) is 4.28. The van der Waals surface area contributed by atoms with Crippen LogP contribution in [0.4, 0.5) is 10.2 Å². The fourth-order valence-corrected chi connectivity index (χ4v) is 3.28. The molecule has 4 heteroatoms. The summed E-state index contributed by atoms with van der Waals surface area (Å²) in [6.07, 6.45) is 11.0. The van der Waals surface area contributed by atoms with Crippen LogP contribution in [0, 0.1) is 12.8 Å². The molecule has 1 fully saturated rings. The Balaban J connectivity index is 0.000000948. The number of alkyl halides is 1. The predicted molar refractivity (Wildman–Crippen MR) is 108 cm³/mol. The van der Waals surface area contributed by atoms with Crippen molar-refractivity contribution < 1.29 is 4.39 Å². The molecule has 0 aromatic carbocycles. The Morgan fingerprint density at radius 3 is 2.69 bits per heavy atom. The maximum Gasteiger partial charge on any atom is 0.130 e. The van der Waals surface area contributed by atoms with Crippen molar-refractivity contribution in [2.24, 2.45) is 5.92 Å².